The van der Waals surface area contributed by atoms with Gasteiger partial charge in [0.05, 0.1) is 0 Å². The van der Waals surface area contributed by atoms with Crippen molar-refractivity contribution in [3.05, 3.63) is 65.2 Å². The van der Waals surface area contributed by atoms with Gasteiger partial charge in [-0.15, -0.1) is 0 Å². The molecule has 2 aliphatic rings. The number of aliphatic carboxylic acids is 2. The van der Waals surface area contributed by atoms with E-state index in [0.717, 1.165) is 18.8 Å². The molecule has 2 aliphatic heterocycles. The molecule has 2 heterocycles. The number of hydrogen-bond donors (Lipinski definition) is 2. The van der Waals surface area contributed by atoms with Crippen molar-refractivity contribution in [3.63, 3.8) is 0 Å². The molecule has 2 aromatic carbocycles. The molecule has 0 bridgehead atoms. The molecule has 34 heavy (non-hydrogen) atoms. The number of likely N-dealkylation sites (tertiary alicyclic amines) is 2. The van der Waals surface area contributed by atoms with Crippen molar-refractivity contribution in [1.29, 1.82) is 0 Å². The molecule has 0 aromatic heterocycles. The van der Waals surface area contributed by atoms with E-state index in [0.29, 0.717) is 6.61 Å². The second-order valence-electron chi connectivity index (χ2n) is 9.03. The summed E-state index contributed by atoms with van der Waals surface area (Å²) in [7, 11) is 0. The van der Waals surface area contributed by atoms with Crippen LogP contribution in [0.2, 0.25) is 0 Å². The average Bonchev–Trinajstić information content (AvgIpc) is 2.86. The summed E-state index contributed by atoms with van der Waals surface area (Å²) in [5.74, 6) is -2.69. The Morgan fingerprint density at radius 3 is 1.41 bits per heavy atom. The Labute approximate surface area is 202 Å². The Kier molecular flexibility index (Phi) is 10.4. The summed E-state index contributed by atoms with van der Waals surface area (Å²) in [5, 5.41) is 14.8. The van der Waals surface area contributed by atoms with Gasteiger partial charge in [-0.1, -0.05) is 49.2 Å². The normalized spacial score (nSPS) is 16.8. The van der Waals surface area contributed by atoms with E-state index in [4.69, 9.17) is 24.5 Å². The summed E-state index contributed by atoms with van der Waals surface area (Å²) < 4.78 is 6.00. The maximum Gasteiger partial charge on any atom is 0.414 e. The van der Waals surface area contributed by atoms with Gasteiger partial charge in [0.2, 0.25) is 0 Å². The minimum absolute atomic E-state index is 0.634. The molecule has 7 nitrogen and oxygen atoms in total. The van der Waals surface area contributed by atoms with E-state index in [1.165, 1.54) is 81.4 Å². The second-order valence-corrected chi connectivity index (χ2v) is 9.03. The zero-order chi connectivity index (χ0) is 24.2. The number of hydrogen-bond acceptors (Lipinski definition) is 5. The molecule has 0 amide bonds. The standard InChI is InChI=1S/C25H34N2O.C2H2O4/c1-3-15-26(16-4-1)19-22-7-9-24(10-8-22)21-28-25-13-11-23(12-14-25)20-27-17-5-2-6-18-27;3-1(4)2(5)6/h7-14H,1-6,15-21H2;(H,3,4)(H,5,6). The van der Waals surface area contributed by atoms with Crippen LogP contribution < -0.4 is 4.74 Å². The minimum Gasteiger partial charge on any atom is -0.489 e. The number of rotatable bonds is 7. The van der Waals surface area contributed by atoms with Crippen molar-refractivity contribution < 1.29 is 24.5 Å². The minimum atomic E-state index is -1.82. The summed E-state index contributed by atoms with van der Waals surface area (Å²) in [5.41, 5.74) is 4.03. The van der Waals surface area contributed by atoms with Gasteiger partial charge in [-0.2, -0.15) is 0 Å². The van der Waals surface area contributed by atoms with E-state index < -0.39 is 11.9 Å². The van der Waals surface area contributed by atoms with Crippen LogP contribution in [0.5, 0.6) is 5.75 Å². The number of ether oxygens (including phenoxy) is 1. The van der Waals surface area contributed by atoms with Crippen LogP contribution in [0.4, 0.5) is 0 Å². The van der Waals surface area contributed by atoms with Gasteiger partial charge in [0, 0.05) is 13.1 Å². The molecule has 2 aromatic rings. The van der Waals surface area contributed by atoms with Crippen LogP contribution in [0.15, 0.2) is 48.5 Å². The van der Waals surface area contributed by atoms with Crippen LogP contribution in [0.25, 0.3) is 0 Å². The van der Waals surface area contributed by atoms with Crippen LogP contribution in [0.3, 0.4) is 0 Å². The third kappa shape index (κ3) is 9.15. The van der Waals surface area contributed by atoms with Crippen LogP contribution in [-0.2, 0) is 29.3 Å². The molecule has 7 heteroatoms. The summed E-state index contributed by atoms with van der Waals surface area (Å²) >= 11 is 0. The third-order valence-electron chi connectivity index (χ3n) is 6.24. The molecule has 0 aliphatic carbocycles. The van der Waals surface area contributed by atoms with Crippen LogP contribution in [0, 0.1) is 0 Å². The molecule has 4 rings (SSSR count). The van der Waals surface area contributed by atoms with Gasteiger partial charge in [0.15, 0.2) is 0 Å². The van der Waals surface area contributed by atoms with Crippen molar-refractivity contribution in [2.75, 3.05) is 26.2 Å². The SMILES string of the molecule is O=C(O)C(=O)O.c1cc(CN2CCCCC2)ccc1COc1ccc(CN2CCCCC2)cc1. The van der Waals surface area contributed by atoms with E-state index in [1.807, 2.05) is 0 Å². The molecular weight excluding hydrogens is 432 g/mol. The number of benzene rings is 2. The lowest BCUT2D eigenvalue weighted by molar-refractivity contribution is -0.159. The van der Waals surface area contributed by atoms with Gasteiger partial charge in [0.1, 0.15) is 12.4 Å². The van der Waals surface area contributed by atoms with E-state index in [2.05, 4.69) is 58.3 Å². The molecule has 0 spiro atoms. The Morgan fingerprint density at radius 2 is 1.00 bits per heavy atom. The zero-order valence-electron chi connectivity index (χ0n) is 19.8. The summed E-state index contributed by atoms with van der Waals surface area (Å²) in [6, 6.07) is 17.6. The van der Waals surface area contributed by atoms with Crippen molar-refractivity contribution in [1.82, 2.24) is 9.80 Å². The van der Waals surface area contributed by atoms with E-state index in [9.17, 15) is 0 Å². The fourth-order valence-electron chi connectivity index (χ4n) is 4.35. The number of carbonyl (C=O) groups is 2. The first-order valence-electron chi connectivity index (χ1n) is 12.2. The van der Waals surface area contributed by atoms with E-state index >= 15 is 0 Å². The molecule has 2 fully saturated rings. The lowest BCUT2D eigenvalue weighted by atomic mass is 10.1. The topological polar surface area (TPSA) is 90.3 Å². The lowest BCUT2D eigenvalue weighted by Gasteiger charge is -2.26. The molecule has 0 unspecified atom stereocenters. The van der Waals surface area contributed by atoms with Gasteiger partial charge in [0.25, 0.3) is 0 Å². The molecule has 0 atom stereocenters. The molecule has 2 N–H and O–H groups in total. The fraction of sp³-hybridized carbons (Fsp3) is 0.481. The monoisotopic (exact) mass is 468 g/mol. The predicted octanol–water partition coefficient (Wildman–Crippen LogP) is 4.39. The van der Waals surface area contributed by atoms with Crippen molar-refractivity contribution in [3.8, 4) is 5.75 Å². The van der Waals surface area contributed by atoms with Crippen molar-refractivity contribution >= 4 is 11.9 Å². The van der Waals surface area contributed by atoms with Gasteiger partial charge >= 0.3 is 11.9 Å². The molecule has 184 valence electrons. The van der Waals surface area contributed by atoms with Gasteiger partial charge in [-0.3, -0.25) is 9.80 Å². The number of carboxylic acids is 2. The highest BCUT2D eigenvalue weighted by atomic mass is 16.5. The fourth-order valence-corrected chi connectivity index (χ4v) is 4.35. The highest BCUT2D eigenvalue weighted by molar-refractivity contribution is 6.27. The highest BCUT2D eigenvalue weighted by Crippen LogP contribution is 2.18. The van der Waals surface area contributed by atoms with Gasteiger partial charge in [-0.25, -0.2) is 9.59 Å². The molecular formula is C27H36N2O5. The maximum absolute atomic E-state index is 9.10. The summed E-state index contributed by atoms with van der Waals surface area (Å²) in [6.07, 6.45) is 8.18. The largest absolute Gasteiger partial charge is 0.489 e. The van der Waals surface area contributed by atoms with Crippen LogP contribution in [0.1, 0.15) is 55.2 Å². The third-order valence-corrected chi connectivity index (χ3v) is 6.24. The van der Waals surface area contributed by atoms with Crippen molar-refractivity contribution in [2.24, 2.45) is 0 Å². The van der Waals surface area contributed by atoms with Crippen LogP contribution in [-0.4, -0.2) is 58.1 Å². The first-order valence-corrected chi connectivity index (χ1v) is 12.2. The van der Waals surface area contributed by atoms with Crippen LogP contribution >= 0.6 is 0 Å². The number of carboxylic acid groups (broad SMARTS) is 2. The molecule has 0 saturated carbocycles. The first kappa shape index (κ1) is 25.7. The average molecular weight is 469 g/mol. The lowest BCUT2D eigenvalue weighted by Crippen LogP contribution is -2.29. The van der Waals surface area contributed by atoms with Gasteiger partial charge < -0.3 is 14.9 Å². The highest BCUT2D eigenvalue weighted by Gasteiger charge is 2.11. The Morgan fingerprint density at radius 1 is 0.618 bits per heavy atom. The number of nitrogens with zero attached hydrogens (tertiary/aromatic N) is 2. The first-order chi connectivity index (χ1) is 16.5. The van der Waals surface area contributed by atoms with Crippen molar-refractivity contribution in [2.45, 2.75) is 58.2 Å². The smallest absolute Gasteiger partial charge is 0.414 e. The second kappa shape index (κ2) is 13.7. The Bertz CT molecular complexity index is 811. The zero-order valence-corrected chi connectivity index (χ0v) is 19.8. The predicted molar refractivity (Wildman–Crippen MR) is 131 cm³/mol. The van der Waals surface area contributed by atoms with Gasteiger partial charge in [-0.05, 0) is 80.7 Å². The molecule has 0 radical (unpaired) electrons. The molecule has 2 saturated heterocycles. The Balaban J connectivity index is 0.000000481. The Hall–Kier alpha value is -2.90. The summed E-state index contributed by atoms with van der Waals surface area (Å²) in [6.45, 7) is 7.77. The number of piperidine rings is 2. The maximum atomic E-state index is 9.10. The van der Waals surface area contributed by atoms with E-state index in [1.54, 1.807) is 0 Å². The van der Waals surface area contributed by atoms with E-state index in [-0.39, 0.29) is 0 Å². The quantitative estimate of drug-likeness (QED) is 0.582. The summed E-state index contributed by atoms with van der Waals surface area (Å²) in [4.78, 5) is 23.3.